The topological polar surface area (TPSA) is 46.5 Å². The fourth-order valence-electron chi connectivity index (χ4n) is 1.72. The van der Waals surface area contributed by atoms with Crippen molar-refractivity contribution in [3.63, 3.8) is 0 Å². The molecule has 0 heterocycles. The van der Waals surface area contributed by atoms with Gasteiger partial charge in [-0.3, -0.25) is 4.79 Å². The van der Waals surface area contributed by atoms with Crippen molar-refractivity contribution in [2.45, 2.75) is 65.1 Å². The van der Waals surface area contributed by atoms with Gasteiger partial charge in [-0.1, -0.05) is 6.92 Å². The first kappa shape index (κ1) is 12.5. The van der Waals surface area contributed by atoms with Gasteiger partial charge in [0, 0.05) is 6.42 Å². The molecule has 0 aliphatic heterocycles. The molecule has 3 heteroatoms. The van der Waals surface area contributed by atoms with E-state index in [4.69, 9.17) is 4.74 Å². The maximum atomic E-state index is 11.8. The first-order chi connectivity index (χ1) is 6.77. The van der Waals surface area contributed by atoms with E-state index in [2.05, 4.69) is 0 Å². The van der Waals surface area contributed by atoms with Crippen LogP contribution in [0, 0.1) is 5.41 Å². The van der Waals surface area contributed by atoms with Gasteiger partial charge in [0.25, 0.3) is 0 Å². The minimum Gasteiger partial charge on any atom is -0.462 e. The van der Waals surface area contributed by atoms with Crippen molar-refractivity contribution in [1.82, 2.24) is 0 Å². The van der Waals surface area contributed by atoms with Crippen LogP contribution in [0.5, 0.6) is 0 Å². The Hall–Kier alpha value is -0.570. The van der Waals surface area contributed by atoms with Crippen molar-refractivity contribution < 1.29 is 14.6 Å². The summed E-state index contributed by atoms with van der Waals surface area (Å²) in [5.41, 5.74) is -1.06. The summed E-state index contributed by atoms with van der Waals surface area (Å²) in [4.78, 5) is 11.8. The van der Waals surface area contributed by atoms with Crippen molar-refractivity contribution in [3.8, 4) is 0 Å². The summed E-state index contributed by atoms with van der Waals surface area (Å²) in [5.74, 6) is -0.146. The van der Waals surface area contributed by atoms with Gasteiger partial charge in [0.15, 0.2) is 0 Å². The third-order valence-corrected chi connectivity index (χ3v) is 3.38. The van der Waals surface area contributed by atoms with Gasteiger partial charge in [0.05, 0.1) is 11.0 Å². The number of esters is 1. The van der Waals surface area contributed by atoms with Gasteiger partial charge in [-0.15, -0.1) is 0 Å². The third-order valence-electron chi connectivity index (χ3n) is 3.38. The molecule has 1 aliphatic carbocycles. The summed E-state index contributed by atoms with van der Waals surface area (Å²) < 4.78 is 5.40. The van der Waals surface area contributed by atoms with Gasteiger partial charge >= 0.3 is 5.97 Å². The molecule has 0 spiro atoms. The van der Waals surface area contributed by atoms with E-state index in [9.17, 15) is 9.90 Å². The predicted octanol–water partition coefficient (Wildman–Crippen LogP) is 2.27. The molecule has 1 fully saturated rings. The van der Waals surface area contributed by atoms with Crippen molar-refractivity contribution in [1.29, 1.82) is 0 Å². The number of rotatable bonds is 3. The van der Waals surface area contributed by atoms with Crippen molar-refractivity contribution in [2.24, 2.45) is 5.41 Å². The molecule has 0 aromatic rings. The molecular weight excluding hydrogens is 192 g/mol. The lowest BCUT2D eigenvalue weighted by Crippen LogP contribution is -2.30. The molecule has 15 heavy (non-hydrogen) atoms. The summed E-state index contributed by atoms with van der Waals surface area (Å²) >= 11 is 0. The molecule has 3 nitrogen and oxygen atoms in total. The van der Waals surface area contributed by atoms with E-state index in [1.54, 1.807) is 6.92 Å². The Labute approximate surface area is 91.8 Å². The molecule has 0 bridgehead atoms. The standard InChI is InChI=1S/C12H22O3/c1-5-11(2,3)10(13)15-9-6-7-12(4,14)8-9/h9,14H,5-8H2,1-4H3. The van der Waals surface area contributed by atoms with Crippen LogP contribution in [0.4, 0.5) is 0 Å². The first-order valence-electron chi connectivity index (χ1n) is 5.70. The lowest BCUT2D eigenvalue weighted by molar-refractivity contribution is -0.160. The summed E-state index contributed by atoms with van der Waals surface area (Å²) in [6.45, 7) is 7.56. The average Bonchev–Trinajstić information content (AvgIpc) is 2.45. The summed E-state index contributed by atoms with van der Waals surface area (Å²) in [7, 11) is 0. The maximum absolute atomic E-state index is 11.8. The lowest BCUT2D eigenvalue weighted by atomic mass is 9.90. The van der Waals surface area contributed by atoms with Crippen LogP contribution in [0.3, 0.4) is 0 Å². The second kappa shape index (κ2) is 4.12. The molecule has 0 saturated heterocycles. The van der Waals surface area contributed by atoms with Crippen LogP contribution in [0.1, 0.15) is 53.4 Å². The second-order valence-corrected chi connectivity index (χ2v) is 5.50. The Morgan fingerprint density at radius 2 is 2.20 bits per heavy atom. The highest BCUT2D eigenvalue weighted by molar-refractivity contribution is 5.76. The number of hydrogen-bond donors (Lipinski definition) is 1. The Morgan fingerprint density at radius 3 is 2.60 bits per heavy atom. The molecule has 0 aromatic carbocycles. The molecule has 0 radical (unpaired) electrons. The van der Waals surface area contributed by atoms with Crippen LogP contribution in [0.25, 0.3) is 0 Å². The quantitative estimate of drug-likeness (QED) is 0.733. The molecular formula is C12H22O3. The molecule has 1 N–H and O–H groups in total. The molecule has 2 unspecified atom stereocenters. The summed E-state index contributed by atoms with van der Waals surface area (Å²) in [6.07, 6.45) is 2.74. The summed E-state index contributed by atoms with van der Waals surface area (Å²) in [5, 5.41) is 9.75. The highest BCUT2D eigenvalue weighted by atomic mass is 16.5. The smallest absolute Gasteiger partial charge is 0.311 e. The Kier molecular flexibility index (Phi) is 3.44. The number of carbonyl (C=O) groups is 1. The highest BCUT2D eigenvalue weighted by Crippen LogP contribution is 2.33. The molecule has 1 aliphatic rings. The normalized spacial score (nSPS) is 31.7. The Balaban J connectivity index is 2.47. The molecule has 0 amide bonds. The third kappa shape index (κ3) is 3.20. The van der Waals surface area contributed by atoms with Gasteiger partial charge < -0.3 is 9.84 Å². The van der Waals surface area contributed by atoms with Crippen molar-refractivity contribution in [3.05, 3.63) is 0 Å². The van der Waals surface area contributed by atoms with Crippen LogP contribution < -0.4 is 0 Å². The van der Waals surface area contributed by atoms with Crippen LogP contribution in [-0.2, 0) is 9.53 Å². The minimum atomic E-state index is -0.651. The predicted molar refractivity (Wildman–Crippen MR) is 58.4 cm³/mol. The van der Waals surface area contributed by atoms with Gasteiger partial charge in [-0.25, -0.2) is 0 Å². The number of hydrogen-bond acceptors (Lipinski definition) is 3. The first-order valence-corrected chi connectivity index (χ1v) is 5.70. The van der Waals surface area contributed by atoms with Gasteiger partial charge in [0.1, 0.15) is 6.10 Å². The van der Waals surface area contributed by atoms with Gasteiger partial charge in [0.2, 0.25) is 0 Å². The largest absolute Gasteiger partial charge is 0.462 e. The van der Waals surface area contributed by atoms with Crippen LogP contribution in [0.2, 0.25) is 0 Å². The van der Waals surface area contributed by atoms with Crippen LogP contribution >= 0.6 is 0 Å². The zero-order valence-electron chi connectivity index (χ0n) is 10.2. The van der Waals surface area contributed by atoms with E-state index in [1.165, 1.54) is 0 Å². The molecule has 1 rings (SSSR count). The fourth-order valence-corrected chi connectivity index (χ4v) is 1.72. The molecule has 1 saturated carbocycles. The van der Waals surface area contributed by atoms with Crippen molar-refractivity contribution >= 4 is 5.97 Å². The van der Waals surface area contributed by atoms with E-state index in [-0.39, 0.29) is 12.1 Å². The Morgan fingerprint density at radius 1 is 1.60 bits per heavy atom. The zero-order valence-corrected chi connectivity index (χ0v) is 10.2. The van der Waals surface area contributed by atoms with E-state index in [0.29, 0.717) is 6.42 Å². The summed E-state index contributed by atoms with van der Waals surface area (Å²) in [6, 6.07) is 0. The second-order valence-electron chi connectivity index (χ2n) is 5.50. The number of aliphatic hydroxyl groups is 1. The zero-order chi connectivity index (χ0) is 11.7. The monoisotopic (exact) mass is 214 g/mol. The molecule has 88 valence electrons. The molecule has 0 aromatic heterocycles. The van der Waals surface area contributed by atoms with Gasteiger partial charge in [-0.2, -0.15) is 0 Å². The SMILES string of the molecule is CCC(C)(C)C(=O)OC1CCC(C)(O)C1. The van der Waals surface area contributed by atoms with Crippen LogP contribution in [-0.4, -0.2) is 22.8 Å². The lowest BCUT2D eigenvalue weighted by Gasteiger charge is -2.23. The highest BCUT2D eigenvalue weighted by Gasteiger charge is 2.37. The molecule has 2 atom stereocenters. The average molecular weight is 214 g/mol. The van der Waals surface area contributed by atoms with Crippen molar-refractivity contribution in [2.75, 3.05) is 0 Å². The van der Waals surface area contributed by atoms with E-state index in [1.807, 2.05) is 20.8 Å². The maximum Gasteiger partial charge on any atom is 0.311 e. The minimum absolute atomic E-state index is 0.0988. The van der Waals surface area contributed by atoms with Crippen LogP contribution in [0.15, 0.2) is 0 Å². The van der Waals surface area contributed by atoms with E-state index < -0.39 is 11.0 Å². The van der Waals surface area contributed by atoms with E-state index >= 15 is 0 Å². The fraction of sp³-hybridized carbons (Fsp3) is 0.917. The van der Waals surface area contributed by atoms with E-state index in [0.717, 1.165) is 19.3 Å². The number of ether oxygens (including phenoxy) is 1. The van der Waals surface area contributed by atoms with Gasteiger partial charge in [-0.05, 0) is 40.0 Å². The Bertz CT molecular complexity index is 243. The number of carbonyl (C=O) groups excluding carboxylic acids is 1.